The molecule has 1 aliphatic heterocycles. The summed E-state index contributed by atoms with van der Waals surface area (Å²) in [7, 11) is 3.19. The smallest absolute Gasteiger partial charge is 0.225 e. The van der Waals surface area contributed by atoms with E-state index in [-0.39, 0.29) is 30.2 Å². The highest BCUT2D eigenvalue weighted by Gasteiger charge is 2.36. The van der Waals surface area contributed by atoms with Crippen molar-refractivity contribution in [3.63, 3.8) is 0 Å². The third kappa shape index (κ3) is 3.96. The first kappa shape index (κ1) is 14.9. The Labute approximate surface area is 108 Å². The van der Waals surface area contributed by atoms with E-state index in [1.54, 1.807) is 19.1 Å². The van der Waals surface area contributed by atoms with Crippen LogP contribution in [0, 0.1) is 5.92 Å². The second-order valence-corrected chi connectivity index (χ2v) is 4.54. The fraction of sp³-hybridized carbons (Fsp3) is 0.833. The van der Waals surface area contributed by atoms with E-state index in [2.05, 4.69) is 5.32 Å². The molecule has 2 atom stereocenters. The molecule has 6 heteroatoms. The number of likely N-dealkylation sites (tertiary alicyclic amines) is 1. The van der Waals surface area contributed by atoms with Crippen LogP contribution in [0.1, 0.15) is 13.3 Å². The number of hydrogen-bond acceptors (Lipinski definition) is 4. The molecule has 1 rings (SSSR count). The summed E-state index contributed by atoms with van der Waals surface area (Å²) in [6.07, 6.45) is 0.285. The standard InChI is InChI=1S/C12H22N2O4/c1-9(8-18-3)14-7-10(6-11(14)15)12(16)13-4-5-17-2/h9-10H,4-8H2,1-3H3,(H,13,16)/t9-,10+/m0/s1. The topological polar surface area (TPSA) is 67.9 Å². The average Bonchev–Trinajstić information content (AvgIpc) is 2.72. The second-order valence-electron chi connectivity index (χ2n) is 4.54. The molecule has 1 aliphatic rings. The molecular weight excluding hydrogens is 236 g/mol. The molecule has 0 spiro atoms. The van der Waals surface area contributed by atoms with E-state index < -0.39 is 0 Å². The summed E-state index contributed by atoms with van der Waals surface area (Å²) < 4.78 is 9.89. The molecular formula is C12H22N2O4. The van der Waals surface area contributed by atoms with Crippen molar-refractivity contribution >= 4 is 11.8 Å². The quantitative estimate of drug-likeness (QED) is 0.633. The SMILES string of the molecule is COCCNC(=O)[C@@H]1CC(=O)N([C@@H](C)COC)C1. The minimum absolute atomic E-state index is 0.0132. The van der Waals surface area contributed by atoms with Crippen molar-refractivity contribution in [3.8, 4) is 0 Å². The summed E-state index contributed by atoms with van der Waals surface area (Å²) in [5.41, 5.74) is 0. The van der Waals surface area contributed by atoms with Gasteiger partial charge in [-0.3, -0.25) is 9.59 Å². The van der Waals surface area contributed by atoms with E-state index in [4.69, 9.17) is 9.47 Å². The lowest BCUT2D eigenvalue weighted by molar-refractivity contribution is -0.130. The van der Waals surface area contributed by atoms with E-state index >= 15 is 0 Å². The fourth-order valence-corrected chi connectivity index (χ4v) is 2.09. The van der Waals surface area contributed by atoms with Crippen LogP contribution < -0.4 is 5.32 Å². The van der Waals surface area contributed by atoms with Gasteiger partial charge in [0, 0.05) is 33.7 Å². The average molecular weight is 258 g/mol. The molecule has 104 valence electrons. The van der Waals surface area contributed by atoms with Crippen molar-refractivity contribution in [2.45, 2.75) is 19.4 Å². The molecule has 1 heterocycles. The van der Waals surface area contributed by atoms with Gasteiger partial charge in [-0.25, -0.2) is 0 Å². The molecule has 0 aromatic heterocycles. The van der Waals surface area contributed by atoms with Crippen molar-refractivity contribution in [3.05, 3.63) is 0 Å². The van der Waals surface area contributed by atoms with Crippen LogP contribution in [0.15, 0.2) is 0 Å². The van der Waals surface area contributed by atoms with Crippen molar-refractivity contribution in [2.75, 3.05) is 40.5 Å². The van der Waals surface area contributed by atoms with Gasteiger partial charge >= 0.3 is 0 Å². The maximum absolute atomic E-state index is 11.8. The maximum atomic E-state index is 11.8. The summed E-state index contributed by atoms with van der Waals surface area (Å²) in [4.78, 5) is 25.3. The third-order valence-corrected chi connectivity index (χ3v) is 3.07. The van der Waals surface area contributed by atoms with Crippen LogP contribution >= 0.6 is 0 Å². The first-order valence-corrected chi connectivity index (χ1v) is 6.15. The van der Waals surface area contributed by atoms with Crippen molar-refractivity contribution < 1.29 is 19.1 Å². The first-order valence-electron chi connectivity index (χ1n) is 6.15. The highest BCUT2D eigenvalue weighted by atomic mass is 16.5. The molecule has 18 heavy (non-hydrogen) atoms. The van der Waals surface area contributed by atoms with E-state index in [9.17, 15) is 9.59 Å². The van der Waals surface area contributed by atoms with Gasteiger partial charge in [-0.05, 0) is 6.92 Å². The summed E-state index contributed by atoms with van der Waals surface area (Å²) >= 11 is 0. The third-order valence-electron chi connectivity index (χ3n) is 3.07. The molecule has 1 N–H and O–H groups in total. The van der Waals surface area contributed by atoms with E-state index in [1.165, 1.54) is 0 Å². The molecule has 0 unspecified atom stereocenters. The Kier molecular flexibility index (Phi) is 6.07. The fourth-order valence-electron chi connectivity index (χ4n) is 2.09. The Bertz CT molecular complexity index is 296. The van der Waals surface area contributed by atoms with Gasteiger partial charge in [0.1, 0.15) is 0 Å². The lowest BCUT2D eigenvalue weighted by atomic mass is 10.1. The van der Waals surface area contributed by atoms with Crippen LogP contribution in [0.25, 0.3) is 0 Å². The minimum atomic E-state index is -0.256. The molecule has 0 radical (unpaired) electrons. The lowest BCUT2D eigenvalue weighted by Crippen LogP contribution is -2.39. The number of nitrogens with zero attached hydrogens (tertiary/aromatic N) is 1. The van der Waals surface area contributed by atoms with Gasteiger partial charge < -0.3 is 19.7 Å². The Morgan fingerprint density at radius 3 is 2.83 bits per heavy atom. The number of hydrogen-bond donors (Lipinski definition) is 1. The maximum Gasteiger partial charge on any atom is 0.225 e. The zero-order valence-corrected chi connectivity index (χ0v) is 11.3. The summed E-state index contributed by atoms with van der Waals surface area (Å²) in [6.45, 7) is 3.85. The zero-order chi connectivity index (χ0) is 13.5. The predicted molar refractivity (Wildman–Crippen MR) is 66.0 cm³/mol. The Morgan fingerprint density at radius 2 is 2.22 bits per heavy atom. The zero-order valence-electron chi connectivity index (χ0n) is 11.3. The number of carbonyl (C=O) groups is 2. The molecule has 1 fully saturated rings. The number of amides is 2. The Hall–Kier alpha value is -1.14. The Morgan fingerprint density at radius 1 is 1.50 bits per heavy atom. The van der Waals surface area contributed by atoms with Gasteiger partial charge in [0.15, 0.2) is 0 Å². The molecule has 6 nitrogen and oxygen atoms in total. The normalized spacial score (nSPS) is 21.2. The summed E-state index contributed by atoms with van der Waals surface area (Å²) in [5, 5.41) is 2.76. The molecule has 0 aromatic rings. The molecule has 0 aromatic carbocycles. The number of ether oxygens (including phenoxy) is 2. The molecule has 1 saturated heterocycles. The monoisotopic (exact) mass is 258 g/mol. The van der Waals surface area contributed by atoms with Crippen molar-refractivity contribution in [2.24, 2.45) is 5.92 Å². The summed E-state index contributed by atoms with van der Waals surface area (Å²) in [6, 6.07) is 0.0132. The number of nitrogens with one attached hydrogen (secondary N) is 1. The molecule has 0 bridgehead atoms. The predicted octanol–water partition coefficient (Wildman–Crippen LogP) is -0.368. The Balaban J connectivity index is 2.42. The highest BCUT2D eigenvalue weighted by molar-refractivity contribution is 5.89. The van der Waals surface area contributed by atoms with E-state index in [0.29, 0.717) is 26.3 Å². The van der Waals surface area contributed by atoms with Crippen LogP contribution in [0.4, 0.5) is 0 Å². The number of rotatable bonds is 7. The lowest BCUT2D eigenvalue weighted by Gasteiger charge is -2.23. The molecule has 0 aliphatic carbocycles. The summed E-state index contributed by atoms with van der Waals surface area (Å²) in [5.74, 6) is -0.312. The van der Waals surface area contributed by atoms with E-state index in [0.717, 1.165) is 0 Å². The van der Waals surface area contributed by atoms with Gasteiger partial charge in [0.25, 0.3) is 0 Å². The van der Waals surface area contributed by atoms with E-state index in [1.807, 2.05) is 6.92 Å². The second kappa shape index (κ2) is 7.33. The van der Waals surface area contributed by atoms with Gasteiger partial charge in [-0.15, -0.1) is 0 Å². The number of methoxy groups -OCH3 is 2. The van der Waals surface area contributed by atoms with Crippen LogP contribution in [0.3, 0.4) is 0 Å². The highest BCUT2D eigenvalue weighted by Crippen LogP contribution is 2.20. The minimum Gasteiger partial charge on any atom is -0.383 e. The van der Waals surface area contributed by atoms with Gasteiger partial charge in [0.05, 0.1) is 25.2 Å². The van der Waals surface area contributed by atoms with Crippen LogP contribution in [-0.2, 0) is 19.1 Å². The molecule has 0 saturated carbocycles. The molecule has 2 amide bonds. The first-order chi connectivity index (χ1) is 8.60. The van der Waals surface area contributed by atoms with Crippen molar-refractivity contribution in [1.29, 1.82) is 0 Å². The number of carbonyl (C=O) groups excluding carboxylic acids is 2. The van der Waals surface area contributed by atoms with Crippen LogP contribution in [0.2, 0.25) is 0 Å². The van der Waals surface area contributed by atoms with Gasteiger partial charge in [0.2, 0.25) is 11.8 Å². The van der Waals surface area contributed by atoms with Crippen LogP contribution in [0.5, 0.6) is 0 Å². The van der Waals surface area contributed by atoms with Crippen molar-refractivity contribution in [1.82, 2.24) is 10.2 Å². The largest absolute Gasteiger partial charge is 0.383 e. The van der Waals surface area contributed by atoms with Gasteiger partial charge in [-0.2, -0.15) is 0 Å². The van der Waals surface area contributed by atoms with Crippen LogP contribution in [-0.4, -0.2) is 63.3 Å². The van der Waals surface area contributed by atoms with Gasteiger partial charge in [-0.1, -0.05) is 0 Å².